The number of aliphatic imine (C=N–C) groups is 1. The number of hydrogen-bond donors (Lipinski definition) is 1. The largest absolute Gasteiger partial charge is 0.305 e. The molecule has 0 fully saturated rings. The summed E-state index contributed by atoms with van der Waals surface area (Å²) in [6.45, 7) is 0.772. The number of nitrogens with zero attached hydrogens (tertiary/aromatic N) is 1. The van der Waals surface area contributed by atoms with Gasteiger partial charge in [-0.25, -0.2) is 0 Å². The average Bonchev–Trinajstić information content (AvgIpc) is 2.53. The van der Waals surface area contributed by atoms with Gasteiger partial charge in [0.1, 0.15) is 6.29 Å². The van der Waals surface area contributed by atoms with Crippen LogP contribution in [0.25, 0.3) is 0 Å². The average molecular weight is 186 g/mol. The normalized spacial score (nSPS) is 15.5. The van der Waals surface area contributed by atoms with Crippen molar-refractivity contribution >= 4 is 29.1 Å². The lowest BCUT2D eigenvalue weighted by atomic mass is 10.3. The van der Waals surface area contributed by atoms with E-state index in [9.17, 15) is 9.59 Å². The number of carbonyl (C=O) groups is 2. The van der Waals surface area contributed by atoms with Crippen LogP contribution >= 0.6 is 11.8 Å². The predicted molar refractivity (Wildman–Crippen MR) is 48.2 cm³/mol. The summed E-state index contributed by atoms with van der Waals surface area (Å²) in [7, 11) is 0. The Balaban J connectivity index is 2.21. The minimum absolute atomic E-state index is 0.129. The van der Waals surface area contributed by atoms with Gasteiger partial charge in [0.15, 0.2) is 5.17 Å². The van der Waals surface area contributed by atoms with Gasteiger partial charge in [-0.1, -0.05) is 11.8 Å². The number of rotatable bonds is 3. The number of carbonyl (C=O) groups excluding carboxylic acids is 2. The Morgan fingerprint density at radius 1 is 1.75 bits per heavy atom. The first-order chi connectivity index (χ1) is 5.83. The molecule has 1 heterocycles. The number of hydrogen-bond acceptors (Lipinski definition) is 4. The topological polar surface area (TPSA) is 58.5 Å². The molecule has 0 aromatic heterocycles. The van der Waals surface area contributed by atoms with E-state index < -0.39 is 0 Å². The zero-order chi connectivity index (χ0) is 8.81. The van der Waals surface area contributed by atoms with Crippen LogP contribution in [0, 0.1) is 0 Å². The predicted octanol–water partition coefficient (Wildman–Crippen LogP) is 0.185. The summed E-state index contributed by atoms with van der Waals surface area (Å²) in [6, 6.07) is 0. The van der Waals surface area contributed by atoms with Crippen LogP contribution in [-0.4, -0.2) is 29.7 Å². The van der Waals surface area contributed by atoms with Gasteiger partial charge in [-0.2, -0.15) is 0 Å². The van der Waals surface area contributed by atoms with Crippen LogP contribution < -0.4 is 5.32 Å². The molecule has 0 saturated heterocycles. The third-order valence-electron chi connectivity index (χ3n) is 1.32. The number of nitrogens with one attached hydrogen (secondary N) is 1. The van der Waals surface area contributed by atoms with Crippen LogP contribution in [0.2, 0.25) is 0 Å². The van der Waals surface area contributed by atoms with Crippen LogP contribution in [0.1, 0.15) is 12.8 Å². The molecule has 5 heteroatoms. The number of thioether (sulfide) groups is 1. The lowest BCUT2D eigenvalue weighted by molar-refractivity contribution is -0.121. The fourth-order valence-corrected chi connectivity index (χ4v) is 1.53. The summed E-state index contributed by atoms with van der Waals surface area (Å²) < 4.78 is 0. The van der Waals surface area contributed by atoms with E-state index in [1.165, 1.54) is 11.8 Å². The summed E-state index contributed by atoms with van der Waals surface area (Å²) in [5.41, 5.74) is 0. The fraction of sp³-hybridized carbons (Fsp3) is 0.571. The van der Waals surface area contributed by atoms with Gasteiger partial charge in [-0.05, 0) is 0 Å². The molecular weight excluding hydrogens is 176 g/mol. The van der Waals surface area contributed by atoms with Crippen molar-refractivity contribution in [1.29, 1.82) is 0 Å². The van der Waals surface area contributed by atoms with Gasteiger partial charge < -0.3 is 10.1 Å². The molecule has 0 unspecified atom stereocenters. The van der Waals surface area contributed by atoms with Crippen molar-refractivity contribution in [2.75, 3.05) is 12.3 Å². The second-order valence-corrected chi connectivity index (χ2v) is 3.37. The highest BCUT2D eigenvalue weighted by Crippen LogP contribution is 2.08. The van der Waals surface area contributed by atoms with Crippen LogP contribution in [0.4, 0.5) is 0 Å². The van der Waals surface area contributed by atoms with E-state index in [0.717, 1.165) is 18.6 Å². The monoisotopic (exact) mass is 186 g/mol. The fourth-order valence-electron chi connectivity index (χ4n) is 0.783. The van der Waals surface area contributed by atoms with E-state index in [2.05, 4.69) is 10.3 Å². The molecule has 0 saturated carbocycles. The molecule has 1 amide bonds. The lowest BCUT2D eigenvalue weighted by Crippen LogP contribution is -2.26. The quantitative estimate of drug-likeness (QED) is 0.640. The van der Waals surface area contributed by atoms with Crippen molar-refractivity contribution in [3.63, 3.8) is 0 Å². The Morgan fingerprint density at radius 2 is 2.58 bits per heavy atom. The molecule has 1 aliphatic heterocycles. The van der Waals surface area contributed by atoms with Crippen LogP contribution in [-0.2, 0) is 9.59 Å². The van der Waals surface area contributed by atoms with Gasteiger partial charge in [0.2, 0.25) is 5.91 Å². The number of amidine groups is 1. The molecule has 1 aliphatic rings. The van der Waals surface area contributed by atoms with Crippen LogP contribution in [0.3, 0.4) is 0 Å². The van der Waals surface area contributed by atoms with Gasteiger partial charge in [0.25, 0.3) is 0 Å². The Bertz CT molecular complexity index is 215. The number of amides is 1. The maximum Gasteiger partial charge on any atom is 0.226 e. The minimum Gasteiger partial charge on any atom is -0.305 e. The van der Waals surface area contributed by atoms with Gasteiger partial charge in [0.05, 0.1) is 6.54 Å². The highest BCUT2D eigenvalue weighted by molar-refractivity contribution is 8.14. The molecule has 0 bridgehead atoms. The van der Waals surface area contributed by atoms with Crippen molar-refractivity contribution in [2.45, 2.75) is 12.8 Å². The van der Waals surface area contributed by atoms with Gasteiger partial charge in [-0.15, -0.1) is 0 Å². The van der Waals surface area contributed by atoms with Crippen LogP contribution in [0.5, 0.6) is 0 Å². The van der Waals surface area contributed by atoms with Crippen molar-refractivity contribution in [3.8, 4) is 0 Å². The zero-order valence-electron chi connectivity index (χ0n) is 6.58. The molecule has 1 N–H and O–H groups in total. The van der Waals surface area contributed by atoms with Crippen molar-refractivity contribution in [3.05, 3.63) is 0 Å². The third-order valence-corrected chi connectivity index (χ3v) is 2.21. The summed E-state index contributed by atoms with van der Waals surface area (Å²) in [5, 5.41) is 3.31. The maximum absolute atomic E-state index is 11.0. The van der Waals surface area contributed by atoms with Crippen molar-refractivity contribution < 1.29 is 9.59 Å². The highest BCUT2D eigenvalue weighted by Gasteiger charge is 2.09. The smallest absolute Gasteiger partial charge is 0.226 e. The first kappa shape index (κ1) is 9.25. The molecule has 1 rings (SSSR count). The number of aldehydes is 1. The van der Waals surface area contributed by atoms with Crippen LogP contribution in [0.15, 0.2) is 4.99 Å². The molecule has 66 valence electrons. The first-order valence-electron chi connectivity index (χ1n) is 3.73. The maximum atomic E-state index is 11.0. The van der Waals surface area contributed by atoms with Gasteiger partial charge in [0, 0.05) is 18.6 Å². The highest BCUT2D eigenvalue weighted by atomic mass is 32.2. The lowest BCUT2D eigenvalue weighted by Gasteiger charge is -2.00. The van der Waals surface area contributed by atoms with Crippen molar-refractivity contribution in [2.24, 2.45) is 4.99 Å². The minimum atomic E-state index is -0.129. The van der Waals surface area contributed by atoms with Crippen molar-refractivity contribution in [1.82, 2.24) is 5.32 Å². The molecule has 0 atom stereocenters. The van der Waals surface area contributed by atoms with E-state index in [0.29, 0.717) is 5.17 Å². The Morgan fingerprint density at radius 3 is 3.17 bits per heavy atom. The van der Waals surface area contributed by atoms with Gasteiger partial charge in [-0.3, -0.25) is 9.79 Å². The molecule has 0 aromatic rings. The standard InChI is InChI=1S/C7H10N2O2S/c10-4-1-2-6(11)9-7-8-3-5-12-7/h4H,1-3,5H2,(H,8,9,11). The second-order valence-electron chi connectivity index (χ2n) is 2.29. The molecule has 12 heavy (non-hydrogen) atoms. The molecule has 0 radical (unpaired) electrons. The third kappa shape index (κ3) is 3.04. The SMILES string of the molecule is O=CCCC(=O)NC1=NCCS1. The second kappa shape index (κ2) is 4.92. The zero-order valence-corrected chi connectivity index (χ0v) is 7.39. The first-order valence-corrected chi connectivity index (χ1v) is 4.72. The summed E-state index contributed by atoms with van der Waals surface area (Å²) in [5.74, 6) is 0.804. The van der Waals surface area contributed by atoms with E-state index in [4.69, 9.17) is 0 Å². The molecule has 4 nitrogen and oxygen atoms in total. The molecular formula is C7H10N2O2S. The summed E-state index contributed by atoms with van der Waals surface area (Å²) in [4.78, 5) is 25.0. The Labute approximate surface area is 74.8 Å². The van der Waals surface area contributed by atoms with E-state index in [1.807, 2.05) is 0 Å². The van der Waals surface area contributed by atoms with E-state index in [1.54, 1.807) is 0 Å². The Kier molecular flexibility index (Phi) is 3.79. The molecule has 0 aliphatic carbocycles. The summed E-state index contributed by atoms with van der Waals surface area (Å²) >= 11 is 1.53. The molecule has 0 spiro atoms. The Hall–Kier alpha value is -0.840. The molecule has 0 aromatic carbocycles. The summed E-state index contributed by atoms with van der Waals surface area (Å²) in [6.07, 6.45) is 1.27. The van der Waals surface area contributed by atoms with Gasteiger partial charge >= 0.3 is 0 Å². The van der Waals surface area contributed by atoms with E-state index >= 15 is 0 Å². The van der Waals surface area contributed by atoms with E-state index in [-0.39, 0.29) is 18.7 Å².